The van der Waals surface area contributed by atoms with E-state index >= 15 is 0 Å². The van der Waals surface area contributed by atoms with Crippen LogP contribution in [-0.4, -0.2) is 142 Å². The Morgan fingerprint density at radius 1 is 0.500 bits per heavy atom. The van der Waals surface area contributed by atoms with Gasteiger partial charge in [0.15, 0.2) is 18.7 Å². The van der Waals surface area contributed by atoms with Gasteiger partial charge in [-0.1, -0.05) is 159 Å². The Labute approximate surface area is 395 Å². The van der Waals surface area contributed by atoms with E-state index in [0.29, 0.717) is 12.8 Å². The first-order valence-electron chi connectivity index (χ1n) is 25.6. The van der Waals surface area contributed by atoms with Crippen LogP contribution in [-0.2, 0) is 38.0 Å². The monoisotopic (exact) mass is 943 g/mol. The molecule has 0 aromatic carbocycles. The van der Waals surface area contributed by atoms with Crippen molar-refractivity contribution in [3.63, 3.8) is 0 Å². The second-order valence-electron chi connectivity index (χ2n) is 18.0. The van der Waals surface area contributed by atoms with Crippen molar-refractivity contribution in [3.8, 4) is 0 Å². The molecular weight excluding hydrogens is 853 g/mol. The number of carbonyl (C=O) groups is 2. The molecule has 66 heavy (non-hydrogen) atoms. The van der Waals surface area contributed by atoms with E-state index in [2.05, 4.69) is 50.3 Å². The Hall–Kier alpha value is -2.28. The molecule has 0 bridgehead atoms. The highest BCUT2D eigenvalue weighted by molar-refractivity contribution is 5.70. The van der Waals surface area contributed by atoms with Gasteiger partial charge in [0.1, 0.15) is 55.4 Å². The minimum atomic E-state index is -1.77. The molecule has 2 saturated heterocycles. The molecule has 0 spiro atoms. The van der Waals surface area contributed by atoms with Crippen molar-refractivity contribution in [2.75, 3.05) is 26.4 Å². The van der Waals surface area contributed by atoms with Crippen LogP contribution in [0.2, 0.25) is 0 Å². The highest BCUT2D eigenvalue weighted by atomic mass is 16.7. The van der Waals surface area contributed by atoms with Crippen molar-refractivity contribution in [2.45, 2.75) is 248 Å². The molecular formula is C51H90O15. The van der Waals surface area contributed by atoms with Crippen LogP contribution >= 0.6 is 0 Å². The lowest BCUT2D eigenvalue weighted by Crippen LogP contribution is -2.61. The molecule has 0 aromatic rings. The van der Waals surface area contributed by atoms with Gasteiger partial charge in [0.2, 0.25) is 0 Å². The molecule has 2 fully saturated rings. The van der Waals surface area contributed by atoms with E-state index in [-0.39, 0.29) is 26.1 Å². The Balaban J connectivity index is 1.82. The lowest BCUT2D eigenvalue weighted by molar-refractivity contribution is -0.332. The predicted octanol–water partition coefficient (Wildman–Crippen LogP) is 6.93. The molecule has 384 valence electrons. The van der Waals surface area contributed by atoms with Crippen molar-refractivity contribution < 1.29 is 73.8 Å². The third-order valence-electron chi connectivity index (χ3n) is 12.1. The Kier molecular flexibility index (Phi) is 35.0. The van der Waals surface area contributed by atoms with Gasteiger partial charge in [-0.25, -0.2) is 0 Å². The number of hydrogen-bond acceptors (Lipinski definition) is 15. The molecule has 0 saturated carbocycles. The first kappa shape index (κ1) is 59.8. The average Bonchev–Trinajstić information content (AvgIpc) is 3.31. The number of unbranched alkanes of at least 4 members (excludes halogenated alkanes) is 19. The molecule has 2 aliphatic rings. The van der Waals surface area contributed by atoms with Crippen molar-refractivity contribution in [1.82, 2.24) is 0 Å². The summed E-state index contributed by atoms with van der Waals surface area (Å²) >= 11 is 0. The maximum Gasteiger partial charge on any atom is 0.306 e. The zero-order valence-corrected chi connectivity index (χ0v) is 40.4. The minimum Gasteiger partial charge on any atom is -0.462 e. The van der Waals surface area contributed by atoms with Crippen molar-refractivity contribution in [3.05, 3.63) is 36.5 Å². The zero-order valence-electron chi connectivity index (χ0n) is 40.4. The SMILES string of the molecule is CCC=CCC=CCC=CCCCCCCCC(=O)OC(COC(=O)CCCCCCCCCCCCCCCCC)COC1OC(COC2OC(CO)C(O)C(O)C2O)C(O)C(O)C1O. The molecule has 0 aliphatic carbocycles. The summed E-state index contributed by atoms with van der Waals surface area (Å²) in [5.74, 6) is -0.940. The fraction of sp³-hybridized carbons (Fsp3) is 0.843. The van der Waals surface area contributed by atoms with Gasteiger partial charge in [0.05, 0.1) is 19.8 Å². The van der Waals surface area contributed by atoms with Gasteiger partial charge in [0, 0.05) is 12.8 Å². The third-order valence-corrected chi connectivity index (χ3v) is 12.1. The van der Waals surface area contributed by atoms with Gasteiger partial charge < -0.3 is 64.2 Å². The second-order valence-corrected chi connectivity index (χ2v) is 18.0. The zero-order chi connectivity index (χ0) is 48.2. The lowest BCUT2D eigenvalue weighted by atomic mass is 9.98. The fourth-order valence-electron chi connectivity index (χ4n) is 7.94. The number of aliphatic hydroxyl groups is 7. The van der Waals surface area contributed by atoms with Gasteiger partial charge in [-0.15, -0.1) is 0 Å². The third kappa shape index (κ3) is 26.5. The van der Waals surface area contributed by atoms with E-state index in [4.69, 9.17) is 28.4 Å². The Morgan fingerprint density at radius 2 is 0.955 bits per heavy atom. The standard InChI is InChI=1S/C51H90O15/c1-3-5-7-9-11-13-15-17-19-21-23-25-27-29-31-33-42(53)61-36-39(64-43(54)34-32-30-28-26-24-22-20-18-16-14-12-10-8-6-4-2)37-62-50-49(60)47(58)45(56)41(66-50)38-63-51-48(59)46(57)44(55)40(35-52)65-51/h6,8,12,14,18,20,39-41,44-52,55-60H,3-5,7,9-11,13,15-17,19,21-38H2,1-2H3. The summed E-state index contributed by atoms with van der Waals surface area (Å²) in [5.41, 5.74) is 0. The molecule has 11 unspecified atom stereocenters. The molecule has 15 nitrogen and oxygen atoms in total. The number of ether oxygens (including phenoxy) is 6. The van der Waals surface area contributed by atoms with Crippen molar-refractivity contribution >= 4 is 11.9 Å². The first-order chi connectivity index (χ1) is 32.0. The van der Waals surface area contributed by atoms with E-state index in [1.807, 2.05) is 0 Å². The van der Waals surface area contributed by atoms with E-state index in [9.17, 15) is 45.3 Å². The number of rotatable bonds is 39. The largest absolute Gasteiger partial charge is 0.462 e. The van der Waals surface area contributed by atoms with Crippen LogP contribution in [0.15, 0.2) is 36.5 Å². The summed E-state index contributed by atoms with van der Waals surface area (Å²) in [5, 5.41) is 72.0. The molecule has 0 radical (unpaired) electrons. The van der Waals surface area contributed by atoms with Gasteiger partial charge in [-0.2, -0.15) is 0 Å². The first-order valence-corrected chi connectivity index (χ1v) is 25.6. The normalized spacial score (nSPS) is 26.4. The summed E-state index contributed by atoms with van der Waals surface area (Å²) < 4.78 is 33.6. The summed E-state index contributed by atoms with van der Waals surface area (Å²) in [7, 11) is 0. The van der Waals surface area contributed by atoms with Crippen LogP contribution in [0.25, 0.3) is 0 Å². The summed E-state index contributed by atoms with van der Waals surface area (Å²) in [6.45, 7) is 2.47. The molecule has 2 rings (SSSR count). The van der Waals surface area contributed by atoms with Crippen LogP contribution in [0.3, 0.4) is 0 Å². The van der Waals surface area contributed by atoms with E-state index in [1.54, 1.807) is 0 Å². The fourth-order valence-corrected chi connectivity index (χ4v) is 7.94. The van der Waals surface area contributed by atoms with E-state index in [0.717, 1.165) is 70.6 Å². The maximum atomic E-state index is 13.0. The highest BCUT2D eigenvalue weighted by Crippen LogP contribution is 2.26. The van der Waals surface area contributed by atoms with Crippen LogP contribution in [0.4, 0.5) is 0 Å². The quantitative estimate of drug-likeness (QED) is 0.0188. The van der Waals surface area contributed by atoms with Crippen LogP contribution in [0.1, 0.15) is 181 Å². The Morgan fingerprint density at radius 3 is 1.50 bits per heavy atom. The minimum absolute atomic E-state index is 0.147. The van der Waals surface area contributed by atoms with Gasteiger partial charge in [-0.05, 0) is 44.9 Å². The topological polar surface area (TPSA) is 231 Å². The van der Waals surface area contributed by atoms with Gasteiger partial charge in [0.25, 0.3) is 0 Å². The Bertz CT molecular complexity index is 1290. The lowest BCUT2D eigenvalue weighted by Gasteiger charge is -2.42. The molecule has 11 atom stereocenters. The summed E-state index contributed by atoms with van der Waals surface area (Å²) in [6, 6.07) is 0. The average molecular weight is 943 g/mol. The van der Waals surface area contributed by atoms with Crippen LogP contribution < -0.4 is 0 Å². The van der Waals surface area contributed by atoms with Crippen molar-refractivity contribution in [2.24, 2.45) is 0 Å². The second kappa shape index (κ2) is 38.6. The number of carbonyl (C=O) groups excluding carboxylic acids is 2. The number of aliphatic hydroxyl groups excluding tert-OH is 7. The smallest absolute Gasteiger partial charge is 0.306 e. The van der Waals surface area contributed by atoms with Crippen LogP contribution in [0, 0.1) is 0 Å². The highest BCUT2D eigenvalue weighted by Gasteiger charge is 2.47. The summed E-state index contributed by atoms with van der Waals surface area (Å²) in [4.78, 5) is 25.7. The maximum absolute atomic E-state index is 13.0. The molecule has 2 aliphatic heterocycles. The molecule has 0 aromatic heterocycles. The molecule has 7 N–H and O–H groups in total. The predicted molar refractivity (Wildman–Crippen MR) is 252 cm³/mol. The number of esters is 2. The number of hydrogen-bond donors (Lipinski definition) is 7. The summed E-state index contributed by atoms with van der Waals surface area (Å²) in [6.07, 6.45) is 23.1. The molecule has 15 heteroatoms. The van der Waals surface area contributed by atoms with E-state index < -0.39 is 92.7 Å². The number of allylic oxidation sites excluding steroid dienone is 6. The van der Waals surface area contributed by atoms with Crippen molar-refractivity contribution in [1.29, 1.82) is 0 Å². The molecule has 0 amide bonds. The van der Waals surface area contributed by atoms with Crippen LogP contribution in [0.5, 0.6) is 0 Å². The van der Waals surface area contributed by atoms with E-state index in [1.165, 1.54) is 70.6 Å². The van der Waals surface area contributed by atoms with Gasteiger partial charge in [-0.3, -0.25) is 9.59 Å². The molecule has 2 heterocycles. The van der Waals surface area contributed by atoms with Gasteiger partial charge >= 0.3 is 11.9 Å².